The fourth-order valence-electron chi connectivity index (χ4n) is 1.52. The van der Waals surface area contributed by atoms with E-state index in [9.17, 15) is 4.79 Å². The van der Waals surface area contributed by atoms with Crippen LogP contribution >= 0.6 is 34.8 Å². The Morgan fingerprint density at radius 3 is 2.37 bits per heavy atom. The standard InChI is InChI=1S/C14H10Cl3NO/c1-8-2-3-9(6-11(8)16)14(19)18-13-5-4-10(15)7-12(13)17/h2-7H,1H3,(H,18,19). The summed E-state index contributed by atoms with van der Waals surface area (Å²) in [5, 5.41) is 4.17. The van der Waals surface area contributed by atoms with Gasteiger partial charge in [-0.25, -0.2) is 0 Å². The number of hydrogen-bond donors (Lipinski definition) is 1. The smallest absolute Gasteiger partial charge is 0.255 e. The number of amides is 1. The molecular formula is C14H10Cl3NO. The number of halogens is 3. The lowest BCUT2D eigenvalue weighted by atomic mass is 10.1. The summed E-state index contributed by atoms with van der Waals surface area (Å²) in [7, 11) is 0. The molecule has 98 valence electrons. The van der Waals surface area contributed by atoms with Crippen LogP contribution in [0, 0.1) is 6.92 Å². The Bertz CT molecular complexity index is 641. The van der Waals surface area contributed by atoms with Crippen LogP contribution in [-0.2, 0) is 0 Å². The number of aryl methyl sites for hydroxylation is 1. The second-order valence-electron chi connectivity index (χ2n) is 4.04. The van der Waals surface area contributed by atoms with Crippen LogP contribution in [0.3, 0.4) is 0 Å². The van der Waals surface area contributed by atoms with Gasteiger partial charge < -0.3 is 5.32 Å². The number of nitrogens with one attached hydrogen (secondary N) is 1. The van der Waals surface area contributed by atoms with Crippen molar-refractivity contribution in [1.82, 2.24) is 0 Å². The van der Waals surface area contributed by atoms with Crippen molar-refractivity contribution in [3.05, 3.63) is 62.6 Å². The van der Waals surface area contributed by atoms with Crippen LogP contribution in [0.15, 0.2) is 36.4 Å². The summed E-state index contributed by atoms with van der Waals surface area (Å²) in [6.45, 7) is 1.88. The molecule has 1 amide bonds. The molecule has 2 nitrogen and oxygen atoms in total. The molecule has 0 spiro atoms. The first-order valence-electron chi connectivity index (χ1n) is 5.50. The normalized spacial score (nSPS) is 10.3. The van der Waals surface area contributed by atoms with E-state index in [2.05, 4.69) is 5.32 Å². The molecule has 2 aromatic carbocycles. The SMILES string of the molecule is Cc1ccc(C(=O)Nc2ccc(Cl)cc2Cl)cc1Cl. The van der Waals surface area contributed by atoms with Gasteiger partial charge in [0.1, 0.15) is 0 Å². The maximum absolute atomic E-state index is 12.1. The van der Waals surface area contributed by atoms with Crippen LogP contribution in [0.25, 0.3) is 0 Å². The van der Waals surface area contributed by atoms with E-state index in [1.165, 1.54) is 0 Å². The number of hydrogen-bond acceptors (Lipinski definition) is 1. The predicted molar refractivity (Wildman–Crippen MR) is 80.6 cm³/mol. The van der Waals surface area contributed by atoms with E-state index >= 15 is 0 Å². The van der Waals surface area contributed by atoms with Crippen molar-refractivity contribution < 1.29 is 4.79 Å². The lowest BCUT2D eigenvalue weighted by Gasteiger charge is -2.08. The highest BCUT2D eigenvalue weighted by Crippen LogP contribution is 2.26. The van der Waals surface area contributed by atoms with Gasteiger partial charge in [-0.1, -0.05) is 40.9 Å². The van der Waals surface area contributed by atoms with Crippen molar-refractivity contribution in [2.75, 3.05) is 5.32 Å². The third-order valence-corrected chi connectivity index (χ3v) is 3.57. The molecule has 2 rings (SSSR count). The van der Waals surface area contributed by atoms with Gasteiger partial charge in [-0.05, 0) is 42.8 Å². The van der Waals surface area contributed by atoms with Gasteiger partial charge in [0.05, 0.1) is 10.7 Å². The average Bonchev–Trinajstić information content (AvgIpc) is 2.36. The van der Waals surface area contributed by atoms with E-state index in [0.29, 0.717) is 26.3 Å². The fraction of sp³-hybridized carbons (Fsp3) is 0.0714. The predicted octanol–water partition coefficient (Wildman–Crippen LogP) is 5.21. The molecule has 1 N–H and O–H groups in total. The summed E-state index contributed by atoms with van der Waals surface area (Å²) in [6, 6.07) is 10.0. The maximum atomic E-state index is 12.1. The molecule has 0 saturated carbocycles. The molecule has 19 heavy (non-hydrogen) atoms. The topological polar surface area (TPSA) is 29.1 Å². The number of benzene rings is 2. The fourth-order valence-corrected chi connectivity index (χ4v) is 2.16. The summed E-state index contributed by atoms with van der Waals surface area (Å²) in [5.74, 6) is -0.272. The molecule has 5 heteroatoms. The Hall–Kier alpha value is -1.22. The molecular weight excluding hydrogens is 305 g/mol. The van der Waals surface area contributed by atoms with Crippen molar-refractivity contribution in [1.29, 1.82) is 0 Å². The molecule has 0 radical (unpaired) electrons. The zero-order chi connectivity index (χ0) is 14.0. The Morgan fingerprint density at radius 2 is 1.74 bits per heavy atom. The zero-order valence-electron chi connectivity index (χ0n) is 10.0. The van der Waals surface area contributed by atoms with Crippen LogP contribution in [0.4, 0.5) is 5.69 Å². The van der Waals surface area contributed by atoms with Gasteiger partial charge in [-0.2, -0.15) is 0 Å². The second kappa shape index (κ2) is 5.83. The Kier molecular flexibility index (Phi) is 4.35. The molecule has 0 aromatic heterocycles. The Labute approximate surface area is 126 Å². The van der Waals surface area contributed by atoms with Gasteiger partial charge in [0, 0.05) is 15.6 Å². The summed E-state index contributed by atoms with van der Waals surface area (Å²) in [6.07, 6.45) is 0. The minimum atomic E-state index is -0.272. The number of anilines is 1. The number of rotatable bonds is 2. The lowest BCUT2D eigenvalue weighted by Crippen LogP contribution is -2.12. The average molecular weight is 315 g/mol. The van der Waals surface area contributed by atoms with Gasteiger partial charge in [0.25, 0.3) is 5.91 Å². The van der Waals surface area contributed by atoms with Gasteiger partial charge in [0.15, 0.2) is 0 Å². The van der Waals surface area contributed by atoms with Crippen LogP contribution in [0.2, 0.25) is 15.1 Å². The summed E-state index contributed by atoms with van der Waals surface area (Å²) in [4.78, 5) is 12.1. The first-order valence-corrected chi connectivity index (χ1v) is 6.63. The van der Waals surface area contributed by atoms with Gasteiger partial charge >= 0.3 is 0 Å². The molecule has 0 unspecified atom stereocenters. The largest absolute Gasteiger partial charge is 0.321 e. The monoisotopic (exact) mass is 313 g/mol. The van der Waals surface area contributed by atoms with Crippen LogP contribution in [-0.4, -0.2) is 5.91 Å². The van der Waals surface area contributed by atoms with E-state index in [-0.39, 0.29) is 5.91 Å². The van der Waals surface area contributed by atoms with Crippen LogP contribution in [0.1, 0.15) is 15.9 Å². The first kappa shape index (κ1) is 14.2. The summed E-state index contributed by atoms with van der Waals surface area (Å²) in [5.41, 5.74) is 1.90. The van der Waals surface area contributed by atoms with E-state index in [1.807, 2.05) is 6.92 Å². The van der Waals surface area contributed by atoms with E-state index in [4.69, 9.17) is 34.8 Å². The lowest BCUT2D eigenvalue weighted by molar-refractivity contribution is 0.102. The van der Waals surface area contributed by atoms with E-state index in [1.54, 1.807) is 36.4 Å². The van der Waals surface area contributed by atoms with Crippen LogP contribution in [0.5, 0.6) is 0 Å². The summed E-state index contributed by atoms with van der Waals surface area (Å²) < 4.78 is 0. The Balaban J connectivity index is 2.23. The highest BCUT2D eigenvalue weighted by Gasteiger charge is 2.10. The highest BCUT2D eigenvalue weighted by atomic mass is 35.5. The quantitative estimate of drug-likeness (QED) is 0.810. The van der Waals surface area contributed by atoms with E-state index in [0.717, 1.165) is 5.56 Å². The molecule has 0 heterocycles. The second-order valence-corrected chi connectivity index (χ2v) is 5.29. The molecule has 0 saturated heterocycles. The van der Waals surface area contributed by atoms with Crippen molar-refractivity contribution in [3.63, 3.8) is 0 Å². The third-order valence-electron chi connectivity index (χ3n) is 2.61. The molecule has 0 aliphatic heterocycles. The molecule has 0 atom stereocenters. The molecule has 0 bridgehead atoms. The zero-order valence-corrected chi connectivity index (χ0v) is 12.3. The van der Waals surface area contributed by atoms with E-state index < -0.39 is 0 Å². The number of carbonyl (C=O) groups excluding carboxylic acids is 1. The van der Waals surface area contributed by atoms with Gasteiger partial charge in [-0.3, -0.25) is 4.79 Å². The summed E-state index contributed by atoms with van der Waals surface area (Å²) >= 11 is 17.8. The van der Waals surface area contributed by atoms with Crippen molar-refractivity contribution in [2.45, 2.75) is 6.92 Å². The minimum absolute atomic E-state index is 0.272. The number of carbonyl (C=O) groups is 1. The molecule has 0 aliphatic rings. The molecule has 0 fully saturated rings. The Morgan fingerprint density at radius 1 is 1.00 bits per heavy atom. The molecule has 0 aliphatic carbocycles. The van der Waals surface area contributed by atoms with Crippen molar-refractivity contribution in [3.8, 4) is 0 Å². The first-order chi connectivity index (χ1) is 8.97. The van der Waals surface area contributed by atoms with Gasteiger partial charge in [0.2, 0.25) is 0 Å². The molecule has 2 aromatic rings. The van der Waals surface area contributed by atoms with Crippen molar-refractivity contribution >= 4 is 46.4 Å². The third kappa shape index (κ3) is 3.41. The van der Waals surface area contributed by atoms with Crippen LogP contribution < -0.4 is 5.32 Å². The maximum Gasteiger partial charge on any atom is 0.255 e. The van der Waals surface area contributed by atoms with Gasteiger partial charge in [-0.15, -0.1) is 0 Å². The highest BCUT2D eigenvalue weighted by molar-refractivity contribution is 6.37. The minimum Gasteiger partial charge on any atom is -0.321 e. The van der Waals surface area contributed by atoms with Crippen molar-refractivity contribution in [2.24, 2.45) is 0 Å².